The van der Waals surface area contributed by atoms with Gasteiger partial charge in [0.15, 0.2) is 0 Å². The molecular formula is C27H32ClN3O8S. The molecule has 40 heavy (non-hydrogen) atoms. The van der Waals surface area contributed by atoms with Gasteiger partial charge in [0, 0.05) is 53.6 Å². The van der Waals surface area contributed by atoms with Gasteiger partial charge in [-0.15, -0.1) is 0 Å². The molecule has 0 spiro atoms. The number of benzene rings is 2. The Kier molecular flexibility index (Phi) is 11.6. The number of ether oxygens (including phenoxy) is 2. The molecule has 3 aromatic rings. The van der Waals surface area contributed by atoms with E-state index in [1.165, 1.54) is 13.0 Å². The van der Waals surface area contributed by atoms with Gasteiger partial charge in [0.2, 0.25) is 5.56 Å². The zero-order valence-corrected chi connectivity index (χ0v) is 23.5. The van der Waals surface area contributed by atoms with Crippen LogP contribution in [0.2, 0.25) is 5.02 Å². The largest absolute Gasteiger partial charge is 0.463 e. The monoisotopic (exact) mass is 593 g/mol. The molecule has 1 aliphatic heterocycles. The smallest absolute Gasteiger partial charge is 0.329 e. The van der Waals surface area contributed by atoms with E-state index < -0.39 is 28.0 Å². The fraction of sp³-hybridized carbons (Fsp3) is 0.370. The summed E-state index contributed by atoms with van der Waals surface area (Å²) in [6.07, 6.45) is 0.111. The summed E-state index contributed by atoms with van der Waals surface area (Å²) in [7, 11) is -3.66. The molecule has 13 heteroatoms. The summed E-state index contributed by atoms with van der Waals surface area (Å²) in [5.74, 6) is -1.19. The molecule has 0 aliphatic carbocycles. The standard InChI is InChI=1S/C25H26ClN3O5.C2H6O3S/c26-19-7-5-17(6-8-19)24(31)28-22(25(32)34-14-11-29-9-12-33-13-10-29)15-18-16-23(30)27-21-4-2-1-3-20(18)21;1-2-6(3,4)5/h1-8,16,22H,9-15H2,(H,27,30)(H,28,31);2H2,1H3,(H,3,4,5). The molecule has 4 rings (SSSR count). The number of aromatic nitrogens is 1. The molecule has 0 bridgehead atoms. The van der Waals surface area contributed by atoms with Crippen LogP contribution in [0.1, 0.15) is 22.8 Å². The lowest BCUT2D eigenvalue weighted by molar-refractivity contribution is -0.146. The van der Waals surface area contributed by atoms with Crippen molar-refractivity contribution >= 4 is 44.5 Å². The molecular weight excluding hydrogens is 562 g/mol. The number of nitrogens with zero attached hydrogens (tertiary/aromatic N) is 1. The Bertz CT molecular complexity index is 1450. The number of pyridine rings is 1. The Morgan fingerprint density at radius 1 is 1.15 bits per heavy atom. The van der Waals surface area contributed by atoms with Crippen molar-refractivity contribution in [1.29, 1.82) is 0 Å². The van der Waals surface area contributed by atoms with E-state index in [-0.39, 0.29) is 24.3 Å². The van der Waals surface area contributed by atoms with Crippen molar-refractivity contribution in [3.63, 3.8) is 0 Å². The van der Waals surface area contributed by atoms with Gasteiger partial charge in [0.05, 0.1) is 19.0 Å². The number of morpholine rings is 1. The molecule has 0 saturated carbocycles. The van der Waals surface area contributed by atoms with Gasteiger partial charge in [-0.2, -0.15) is 8.42 Å². The molecule has 216 valence electrons. The zero-order valence-electron chi connectivity index (χ0n) is 22.0. The van der Waals surface area contributed by atoms with Gasteiger partial charge in [0.25, 0.3) is 16.0 Å². The van der Waals surface area contributed by atoms with Gasteiger partial charge in [0.1, 0.15) is 12.6 Å². The van der Waals surface area contributed by atoms with E-state index in [2.05, 4.69) is 15.2 Å². The number of carbonyl (C=O) groups is 2. The number of hydrogen-bond donors (Lipinski definition) is 3. The van der Waals surface area contributed by atoms with E-state index in [9.17, 15) is 22.8 Å². The third kappa shape index (κ3) is 10.0. The average molecular weight is 594 g/mol. The van der Waals surface area contributed by atoms with Crippen molar-refractivity contribution in [3.8, 4) is 0 Å². The molecule has 1 amide bonds. The number of esters is 1. The second-order valence-electron chi connectivity index (χ2n) is 8.93. The predicted octanol–water partition coefficient (Wildman–Crippen LogP) is 2.29. The first-order valence-corrected chi connectivity index (χ1v) is 14.6. The molecule has 1 fully saturated rings. The number of fused-ring (bicyclic) bond motifs is 1. The highest BCUT2D eigenvalue weighted by Gasteiger charge is 2.25. The summed E-state index contributed by atoms with van der Waals surface area (Å²) in [4.78, 5) is 43.0. The van der Waals surface area contributed by atoms with Crippen molar-refractivity contribution in [3.05, 3.63) is 81.1 Å². The second kappa shape index (κ2) is 14.9. The van der Waals surface area contributed by atoms with Crippen LogP contribution in [0, 0.1) is 0 Å². The molecule has 1 aliphatic rings. The molecule has 0 radical (unpaired) electrons. The Balaban J connectivity index is 0.000000663. The lowest BCUT2D eigenvalue weighted by atomic mass is 10.0. The summed E-state index contributed by atoms with van der Waals surface area (Å²) < 4.78 is 37.8. The summed E-state index contributed by atoms with van der Waals surface area (Å²) in [5.41, 5.74) is 1.39. The van der Waals surface area contributed by atoms with Crippen LogP contribution in [0.3, 0.4) is 0 Å². The van der Waals surface area contributed by atoms with Crippen LogP contribution < -0.4 is 10.9 Å². The van der Waals surface area contributed by atoms with Crippen LogP contribution in [0.4, 0.5) is 0 Å². The fourth-order valence-electron chi connectivity index (χ4n) is 3.90. The fourth-order valence-corrected chi connectivity index (χ4v) is 4.03. The summed E-state index contributed by atoms with van der Waals surface area (Å²) in [6, 6.07) is 14.2. The Labute approximate surface area is 237 Å². The number of halogens is 1. The second-order valence-corrected chi connectivity index (χ2v) is 11.1. The minimum atomic E-state index is -3.66. The highest BCUT2D eigenvalue weighted by molar-refractivity contribution is 7.85. The topological polar surface area (TPSA) is 155 Å². The Hall–Kier alpha value is -3.29. The highest BCUT2D eigenvalue weighted by Crippen LogP contribution is 2.17. The summed E-state index contributed by atoms with van der Waals surface area (Å²) in [6.45, 7) is 5.03. The quantitative estimate of drug-likeness (QED) is 0.250. The minimum absolute atomic E-state index is 0.111. The van der Waals surface area contributed by atoms with Crippen molar-refractivity contribution in [2.24, 2.45) is 0 Å². The van der Waals surface area contributed by atoms with E-state index >= 15 is 0 Å². The van der Waals surface area contributed by atoms with Crippen molar-refractivity contribution < 1.29 is 32.0 Å². The van der Waals surface area contributed by atoms with E-state index in [4.69, 9.17) is 25.6 Å². The lowest BCUT2D eigenvalue weighted by Crippen LogP contribution is -2.44. The van der Waals surface area contributed by atoms with E-state index in [1.807, 2.05) is 18.2 Å². The molecule has 3 N–H and O–H groups in total. The first-order valence-electron chi connectivity index (χ1n) is 12.6. The minimum Gasteiger partial charge on any atom is -0.463 e. The average Bonchev–Trinajstić information content (AvgIpc) is 2.93. The van der Waals surface area contributed by atoms with E-state index in [0.29, 0.717) is 41.4 Å². The number of amides is 1. The summed E-state index contributed by atoms with van der Waals surface area (Å²) >= 11 is 5.92. The van der Waals surface area contributed by atoms with Crippen LogP contribution in [0.5, 0.6) is 0 Å². The molecule has 2 heterocycles. The van der Waals surface area contributed by atoms with Gasteiger partial charge >= 0.3 is 5.97 Å². The number of nitrogens with one attached hydrogen (secondary N) is 2. The number of aromatic amines is 1. The first kappa shape index (κ1) is 31.2. The SMILES string of the molecule is CCS(=O)(=O)O.O=C(NC(Cc1cc(=O)[nH]c2ccccc12)C(=O)OCCN1CCOCC1)c1ccc(Cl)cc1. The maximum atomic E-state index is 13.0. The number of para-hydroxylation sites is 1. The highest BCUT2D eigenvalue weighted by atomic mass is 35.5. The lowest BCUT2D eigenvalue weighted by Gasteiger charge is -2.26. The molecule has 1 aromatic heterocycles. The normalized spacial score (nSPS) is 14.6. The van der Waals surface area contributed by atoms with Crippen molar-refractivity contribution in [1.82, 2.24) is 15.2 Å². The first-order chi connectivity index (χ1) is 19.1. The van der Waals surface area contributed by atoms with Crippen LogP contribution >= 0.6 is 11.6 Å². The van der Waals surface area contributed by atoms with Gasteiger partial charge in [-0.3, -0.25) is 19.0 Å². The number of hydrogen-bond acceptors (Lipinski definition) is 8. The van der Waals surface area contributed by atoms with Gasteiger partial charge < -0.3 is 19.8 Å². The number of carbonyl (C=O) groups excluding carboxylic acids is 2. The number of rotatable bonds is 9. The summed E-state index contributed by atoms with van der Waals surface area (Å²) in [5, 5.41) is 4.08. The van der Waals surface area contributed by atoms with E-state index in [1.54, 1.807) is 30.3 Å². The molecule has 1 atom stereocenters. The van der Waals surface area contributed by atoms with Crippen molar-refractivity contribution in [2.75, 3.05) is 45.2 Å². The van der Waals surface area contributed by atoms with Gasteiger partial charge in [-0.1, -0.05) is 29.8 Å². The molecule has 2 aromatic carbocycles. The maximum Gasteiger partial charge on any atom is 0.329 e. The van der Waals surface area contributed by atoms with Crippen molar-refractivity contribution in [2.45, 2.75) is 19.4 Å². The molecule has 1 saturated heterocycles. The van der Waals surface area contributed by atoms with Crippen LogP contribution in [0.25, 0.3) is 10.9 Å². The maximum absolute atomic E-state index is 13.0. The molecule has 1 unspecified atom stereocenters. The van der Waals surface area contributed by atoms with Gasteiger partial charge in [-0.05, 0) is 42.8 Å². The van der Waals surface area contributed by atoms with E-state index in [0.717, 1.165) is 18.5 Å². The Morgan fingerprint density at radius 3 is 2.45 bits per heavy atom. The van der Waals surface area contributed by atoms with Crippen LogP contribution in [-0.2, 0) is 30.8 Å². The zero-order chi connectivity index (χ0) is 29.1. The van der Waals surface area contributed by atoms with Crippen LogP contribution in [0.15, 0.2) is 59.4 Å². The van der Waals surface area contributed by atoms with Crippen LogP contribution in [-0.4, -0.2) is 86.0 Å². The predicted molar refractivity (Wildman–Crippen MR) is 151 cm³/mol. The van der Waals surface area contributed by atoms with Gasteiger partial charge in [-0.25, -0.2) is 4.79 Å². The number of H-pyrrole nitrogens is 1. The molecule has 11 nitrogen and oxygen atoms in total. The third-order valence-corrected chi connectivity index (χ3v) is 7.06. The third-order valence-electron chi connectivity index (χ3n) is 6.08. The Morgan fingerprint density at radius 2 is 1.80 bits per heavy atom.